The number of benzene rings is 1. The summed E-state index contributed by atoms with van der Waals surface area (Å²) >= 11 is 0. The van der Waals surface area contributed by atoms with Crippen molar-refractivity contribution in [3.05, 3.63) is 29.8 Å². The summed E-state index contributed by atoms with van der Waals surface area (Å²) in [6.45, 7) is 4.43. The highest BCUT2D eigenvalue weighted by atomic mass is 19.1. The molecule has 2 unspecified atom stereocenters. The Labute approximate surface area is 118 Å². The van der Waals surface area contributed by atoms with Crippen molar-refractivity contribution in [2.24, 2.45) is 0 Å². The van der Waals surface area contributed by atoms with Crippen LogP contribution >= 0.6 is 0 Å². The van der Waals surface area contributed by atoms with Crippen LogP contribution in [0.1, 0.15) is 33.1 Å². The van der Waals surface area contributed by atoms with Crippen LogP contribution in [-0.4, -0.2) is 29.4 Å². The van der Waals surface area contributed by atoms with Crippen LogP contribution in [0.4, 0.5) is 14.5 Å². The Morgan fingerprint density at radius 1 is 1.30 bits per heavy atom. The topological polar surface area (TPSA) is 32.3 Å². The maximum atomic E-state index is 13.5. The summed E-state index contributed by atoms with van der Waals surface area (Å²) in [5.74, 6) is -1.67. The molecule has 0 saturated carbocycles. The highest BCUT2D eigenvalue weighted by Crippen LogP contribution is 2.22. The average Bonchev–Trinajstić information content (AvgIpc) is 2.37. The Hall–Kier alpha value is -1.49. The molecular formula is C15H20F2N2O. The van der Waals surface area contributed by atoms with Gasteiger partial charge >= 0.3 is 0 Å². The molecule has 1 saturated heterocycles. The largest absolute Gasteiger partial charge is 0.322 e. The van der Waals surface area contributed by atoms with Crippen molar-refractivity contribution in [3.63, 3.8) is 0 Å². The average molecular weight is 282 g/mol. The lowest BCUT2D eigenvalue weighted by molar-refractivity contribution is -0.118. The van der Waals surface area contributed by atoms with Crippen molar-refractivity contribution >= 4 is 11.6 Å². The third-order valence-corrected chi connectivity index (χ3v) is 3.91. The van der Waals surface area contributed by atoms with Crippen LogP contribution < -0.4 is 5.32 Å². The van der Waals surface area contributed by atoms with Gasteiger partial charge in [0.25, 0.3) is 0 Å². The highest BCUT2D eigenvalue weighted by molar-refractivity contribution is 5.92. The maximum Gasteiger partial charge on any atom is 0.238 e. The lowest BCUT2D eigenvalue weighted by Crippen LogP contribution is -2.47. The fourth-order valence-corrected chi connectivity index (χ4v) is 2.73. The number of anilines is 1. The van der Waals surface area contributed by atoms with Crippen LogP contribution in [0, 0.1) is 11.6 Å². The van der Waals surface area contributed by atoms with Gasteiger partial charge in [-0.05, 0) is 38.8 Å². The van der Waals surface area contributed by atoms with Gasteiger partial charge in [0.05, 0.1) is 12.2 Å². The zero-order chi connectivity index (χ0) is 14.7. The minimum absolute atomic E-state index is 0.0220. The third-order valence-electron chi connectivity index (χ3n) is 3.91. The van der Waals surface area contributed by atoms with E-state index in [0.717, 1.165) is 25.0 Å². The first kappa shape index (κ1) is 14.9. The van der Waals surface area contributed by atoms with E-state index in [1.54, 1.807) is 0 Å². The van der Waals surface area contributed by atoms with Crippen molar-refractivity contribution < 1.29 is 13.6 Å². The second-order valence-electron chi connectivity index (χ2n) is 5.47. The molecule has 1 aromatic rings. The first-order chi connectivity index (χ1) is 9.47. The van der Waals surface area contributed by atoms with E-state index in [9.17, 15) is 13.6 Å². The van der Waals surface area contributed by atoms with E-state index in [2.05, 4.69) is 24.1 Å². The number of piperidine rings is 1. The van der Waals surface area contributed by atoms with Crippen LogP contribution in [-0.2, 0) is 4.79 Å². The van der Waals surface area contributed by atoms with E-state index >= 15 is 0 Å². The first-order valence-electron chi connectivity index (χ1n) is 6.98. The maximum absolute atomic E-state index is 13.5. The molecule has 1 aliphatic heterocycles. The number of hydrogen-bond acceptors (Lipinski definition) is 2. The molecule has 0 aliphatic carbocycles. The van der Waals surface area contributed by atoms with Crippen molar-refractivity contribution in [3.8, 4) is 0 Å². The molecule has 1 N–H and O–H groups in total. The van der Waals surface area contributed by atoms with Crippen molar-refractivity contribution in [2.75, 3.05) is 11.9 Å². The van der Waals surface area contributed by atoms with Crippen LogP contribution in [0.25, 0.3) is 0 Å². The molecule has 1 fully saturated rings. The highest BCUT2D eigenvalue weighted by Gasteiger charge is 2.26. The number of rotatable bonds is 3. The fourth-order valence-electron chi connectivity index (χ4n) is 2.73. The molecule has 0 bridgehead atoms. The smallest absolute Gasteiger partial charge is 0.238 e. The van der Waals surface area contributed by atoms with Crippen molar-refractivity contribution in [1.82, 2.24) is 4.90 Å². The molecule has 5 heteroatoms. The molecule has 20 heavy (non-hydrogen) atoms. The molecular weight excluding hydrogens is 262 g/mol. The molecule has 0 aromatic heterocycles. The summed E-state index contributed by atoms with van der Waals surface area (Å²) in [5.41, 5.74) is 0.0220. The van der Waals surface area contributed by atoms with E-state index in [1.165, 1.54) is 12.5 Å². The number of nitrogens with zero attached hydrogens (tertiary/aromatic N) is 1. The number of nitrogens with one attached hydrogen (secondary N) is 1. The van der Waals surface area contributed by atoms with Gasteiger partial charge in [-0.15, -0.1) is 0 Å². The summed E-state index contributed by atoms with van der Waals surface area (Å²) in [4.78, 5) is 14.1. The van der Waals surface area contributed by atoms with Crippen LogP contribution in [0.2, 0.25) is 0 Å². The van der Waals surface area contributed by atoms with E-state index in [4.69, 9.17) is 0 Å². The van der Waals surface area contributed by atoms with E-state index in [0.29, 0.717) is 12.1 Å². The van der Waals surface area contributed by atoms with Gasteiger partial charge in [-0.3, -0.25) is 9.69 Å². The third kappa shape index (κ3) is 3.54. The van der Waals surface area contributed by atoms with Gasteiger partial charge in [0.15, 0.2) is 0 Å². The quantitative estimate of drug-likeness (QED) is 0.923. The second kappa shape index (κ2) is 6.31. The molecule has 3 nitrogen and oxygen atoms in total. The number of amides is 1. The zero-order valence-electron chi connectivity index (χ0n) is 11.8. The SMILES string of the molecule is CC1CCCC(C)N1CC(=O)Nc1ccc(F)cc1F. The minimum Gasteiger partial charge on any atom is -0.322 e. The minimum atomic E-state index is -0.752. The predicted molar refractivity (Wildman–Crippen MR) is 74.5 cm³/mol. The molecule has 0 radical (unpaired) electrons. The monoisotopic (exact) mass is 282 g/mol. The summed E-state index contributed by atoms with van der Waals surface area (Å²) in [6, 6.07) is 3.84. The van der Waals surface area contributed by atoms with Crippen LogP contribution in [0.15, 0.2) is 18.2 Å². The van der Waals surface area contributed by atoms with Gasteiger partial charge in [-0.25, -0.2) is 8.78 Å². The molecule has 2 atom stereocenters. The Bertz CT molecular complexity index is 483. The van der Waals surface area contributed by atoms with Gasteiger partial charge in [0.1, 0.15) is 11.6 Å². The first-order valence-corrected chi connectivity index (χ1v) is 6.98. The molecule has 0 spiro atoms. The molecule has 1 aromatic carbocycles. The summed E-state index contributed by atoms with van der Waals surface area (Å²) < 4.78 is 26.3. The predicted octanol–water partition coefficient (Wildman–Crippen LogP) is 3.17. The van der Waals surface area contributed by atoms with E-state index in [-0.39, 0.29) is 18.1 Å². The van der Waals surface area contributed by atoms with Gasteiger partial charge in [0.2, 0.25) is 5.91 Å². The summed E-state index contributed by atoms with van der Waals surface area (Å²) in [5, 5.41) is 2.50. The second-order valence-corrected chi connectivity index (χ2v) is 5.47. The fraction of sp³-hybridized carbons (Fsp3) is 0.533. The van der Waals surface area contributed by atoms with Gasteiger partial charge in [-0.2, -0.15) is 0 Å². The Morgan fingerprint density at radius 3 is 2.55 bits per heavy atom. The Kier molecular flexibility index (Phi) is 4.70. The molecule has 110 valence electrons. The molecule has 1 aliphatic rings. The summed E-state index contributed by atoms with van der Waals surface area (Å²) in [7, 11) is 0. The lowest BCUT2D eigenvalue weighted by Gasteiger charge is -2.38. The molecule has 2 rings (SSSR count). The standard InChI is InChI=1S/C15H20F2N2O/c1-10-4-3-5-11(2)19(10)9-15(20)18-14-7-6-12(16)8-13(14)17/h6-8,10-11H,3-5,9H2,1-2H3,(H,18,20). The van der Waals surface area contributed by atoms with E-state index in [1.807, 2.05) is 0 Å². The number of halogens is 2. The van der Waals surface area contributed by atoms with Gasteiger partial charge in [-0.1, -0.05) is 6.42 Å². The lowest BCUT2D eigenvalue weighted by atomic mass is 9.97. The normalized spacial score (nSPS) is 23.6. The number of hydrogen-bond donors (Lipinski definition) is 1. The van der Waals surface area contributed by atoms with E-state index < -0.39 is 11.6 Å². The summed E-state index contributed by atoms with van der Waals surface area (Å²) in [6.07, 6.45) is 3.32. The Morgan fingerprint density at radius 2 is 1.95 bits per heavy atom. The van der Waals surface area contributed by atoms with Crippen molar-refractivity contribution in [1.29, 1.82) is 0 Å². The molecule has 1 amide bonds. The van der Waals surface area contributed by atoms with Gasteiger partial charge in [0, 0.05) is 18.2 Å². The van der Waals surface area contributed by atoms with Gasteiger partial charge < -0.3 is 5.32 Å². The van der Waals surface area contributed by atoms with Crippen LogP contribution in [0.5, 0.6) is 0 Å². The van der Waals surface area contributed by atoms with Crippen molar-refractivity contribution in [2.45, 2.75) is 45.2 Å². The number of carbonyl (C=O) groups excluding carboxylic acids is 1. The van der Waals surface area contributed by atoms with Crippen LogP contribution in [0.3, 0.4) is 0 Å². The number of likely N-dealkylation sites (tertiary alicyclic amines) is 1. The number of carbonyl (C=O) groups is 1. The Balaban J connectivity index is 1.98. The zero-order valence-corrected chi connectivity index (χ0v) is 11.8. The molecule has 1 heterocycles.